The zero-order chi connectivity index (χ0) is 13.7. The molecule has 1 fully saturated rings. The smallest absolute Gasteiger partial charge is 0.340 e. The molecule has 1 aromatic carbocycles. The third kappa shape index (κ3) is 3.85. The number of esters is 1. The summed E-state index contributed by atoms with van der Waals surface area (Å²) >= 11 is 5.87. The lowest BCUT2D eigenvalue weighted by molar-refractivity contribution is 0.0492. The predicted molar refractivity (Wildman–Crippen MR) is 76.4 cm³/mol. The van der Waals surface area contributed by atoms with Crippen molar-refractivity contribution in [1.82, 2.24) is 4.90 Å². The lowest BCUT2D eigenvalue weighted by Crippen LogP contribution is -2.22. The predicted octanol–water partition coefficient (Wildman–Crippen LogP) is 2.56. The van der Waals surface area contributed by atoms with Crippen molar-refractivity contribution in [3.8, 4) is 0 Å². The molecule has 104 valence electrons. The third-order valence-electron chi connectivity index (χ3n) is 3.32. The number of nitrogen functional groups attached to an aromatic ring is 1. The maximum absolute atomic E-state index is 11.8. The number of carbonyl (C=O) groups excluding carboxylic acids is 1. The molecule has 1 aliphatic rings. The molecule has 2 rings (SSSR count). The Bertz CT molecular complexity index is 445. The fourth-order valence-electron chi connectivity index (χ4n) is 2.25. The van der Waals surface area contributed by atoms with Crippen LogP contribution in [0.3, 0.4) is 0 Å². The molecule has 0 amide bonds. The second kappa shape index (κ2) is 6.78. The molecule has 19 heavy (non-hydrogen) atoms. The molecule has 0 bridgehead atoms. The molecule has 0 aliphatic carbocycles. The van der Waals surface area contributed by atoms with Gasteiger partial charge in [0.1, 0.15) is 0 Å². The van der Waals surface area contributed by atoms with E-state index in [0.29, 0.717) is 17.2 Å². The maximum atomic E-state index is 11.8. The van der Waals surface area contributed by atoms with Gasteiger partial charge in [-0.05, 0) is 44.5 Å². The SMILES string of the molecule is Nc1c(Cl)cccc1C(=O)OCCCN1CCCC1. The van der Waals surface area contributed by atoms with Crippen molar-refractivity contribution in [2.75, 3.05) is 32.0 Å². The second-order valence-corrected chi connectivity index (χ2v) is 5.15. The summed E-state index contributed by atoms with van der Waals surface area (Å²) in [7, 11) is 0. The van der Waals surface area contributed by atoms with Crippen LogP contribution in [-0.2, 0) is 4.74 Å². The number of hydrogen-bond acceptors (Lipinski definition) is 4. The minimum absolute atomic E-state index is 0.286. The van der Waals surface area contributed by atoms with Crippen LogP contribution in [-0.4, -0.2) is 37.1 Å². The number of nitrogens with zero attached hydrogens (tertiary/aromatic N) is 1. The summed E-state index contributed by atoms with van der Waals surface area (Å²) in [5.74, 6) is -0.401. The summed E-state index contributed by atoms with van der Waals surface area (Å²) in [5, 5.41) is 0.381. The summed E-state index contributed by atoms with van der Waals surface area (Å²) in [6.07, 6.45) is 3.41. The van der Waals surface area contributed by atoms with Gasteiger partial charge in [-0.15, -0.1) is 0 Å². The number of likely N-dealkylation sites (tertiary alicyclic amines) is 1. The molecule has 0 aromatic heterocycles. The summed E-state index contributed by atoms with van der Waals surface area (Å²) in [6.45, 7) is 3.73. The Morgan fingerprint density at radius 2 is 2.11 bits per heavy atom. The number of rotatable bonds is 5. The largest absolute Gasteiger partial charge is 0.462 e. The zero-order valence-corrected chi connectivity index (χ0v) is 11.7. The lowest BCUT2D eigenvalue weighted by Gasteiger charge is -2.14. The molecule has 1 saturated heterocycles. The van der Waals surface area contributed by atoms with Gasteiger partial charge in [0.05, 0.1) is 22.9 Å². The van der Waals surface area contributed by atoms with Gasteiger partial charge in [0.25, 0.3) is 0 Å². The third-order valence-corrected chi connectivity index (χ3v) is 3.65. The van der Waals surface area contributed by atoms with E-state index in [1.54, 1.807) is 18.2 Å². The molecule has 1 heterocycles. The first-order chi connectivity index (χ1) is 9.18. The minimum Gasteiger partial charge on any atom is -0.462 e. The fourth-order valence-corrected chi connectivity index (χ4v) is 2.43. The highest BCUT2D eigenvalue weighted by Crippen LogP contribution is 2.22. The van der Waals surface area contributed by atoms with Crippen molar-refractivity contribution in [3.63, 3.8) is 0 Å². The molecule has 1 aliphatic heterocycles. The van der Waals surface area contributed by atoms with Crippen molar-refractivity contribution in [2.24, 2.45) is 0 Å². The standard InChI is InChI=1S/C14H19ClN2O2/c15-12-6-3-5-11(13(12)16)14(18)19-10-4-9-17-7-1-2-8-17/h3,5-6H,1-2,4,7-10,16H2. The van der Waals surface area contributed by atoms with Crippen molar-refractivity contribution in [1.29, 1.82) is 0 Å². The van der Waals surface area contributed by atoms with Gasteiger partial charge in [0.2, 0.25) is 0 Å². The fraction of sp³-hybridized carbons (Fsp3) is 0.500. The van der Waals surface area contributed by atoms with Gasteiger partial charge >= 0.3 is 5.97 Å². The van der Waals surface area contributed by atoms with E-state index in [1.165, 1.54) is 12.8 Å². The Morgan fingerprint density at radius 1 is 1.37 bits per heavy atom. The van der Waals surface area contributed by atoms with E-state index < -0.39 is 5.97 Å². The Labute approximate surface area is 118 Å². The zero-order valence-electron chi connectivity index (χ0n) is 10.9. The van der Waals surface area contributed by atoms with E-state index in [4.69, 9.17) is 22.1 Å². The molecular formula is C14H19ClN2O2. The normalized spacial score (nSPS) is 15.6. The summed E-state index contributed by atoms with van der Waals surface area (Å²) in [5.41, 5.74) is 6.37. The van der Waals surface area contributed by atoms with Crippen LogP contribution in [0.2, 0.25) is 5.02 Å². The summed E-state index contributed by atoms with van der Waals surface area (Å²) in [4.78, 5) is 14.2. The number of halogens is 1. The number of benzene rings is 1. The van der Waals surface area contributed by atoms with E-state index in [2.05, 4.69) is 4.90 Å². The number of carbonyl (C=O) groups is 1. The Morgan fingerprint density at radius 3 is 2.84 bits per heavy atom. The van der Waals surface area contributed by atoms with Crippen LogP contribution in [0, 0.1) is 0 Å². The molecule has 2 N–H and O–H groups in total. The first-order valence-electron chi connectivity index (χ1n) is 6.62. The van der Waals surface area contributed by atoms with Crippen molar-refractivity contribution >= 4 is 23.3 Å². The van der Waals surface area contributed by atoms with E-state index in [1.807, 2.05) is 0 Å². The highest BCUT2D eigenvalue weighted by atomic mass is 35.5. The number of hydrogen-bond donors (Lipinski definition) is 1. The first-order valence-corrected chi connectivity index (χ1v) is 7.00. The average molecular weight is 283 g/mol. The van der Waals surface area contributed by atoms with Crippen LogP contribution >= 0.6 is 11.6 Å². The van der Waals surface area contributed by atoms with Crippen LogP contribution in [0.1, 0.15) is 29.6 Å². The van der Waals surface area contributed by atoms with Crippen LogP contribution in [0.4, 0.5) is 5.69 Å². The van der Waals surface area contributed by atoms with Gasteiger partial charge in [-0.2, -0.15) is 0 Å². The molecule has 0 saturated carbocycles. The van der Waals surface area contributed by atoms with Crippen LogP contribution in [0.15, 0.2) is 18.2 Å². The second-order valence-electron chi connectivity index (χ2n) is 4.74. The Hall–Kier alpha value is -1.26. The number of ether oxygens (including phenoxy) is 1. The number of para-hydroxylation sites is 1. The quantitative estimate of drug-likeness (QED) is 0.512. The Kier molecular flexibility index (Phi) is 5.05. The van der Waals surface area contributed by atoms with Crippen LogP contribution < -0.4 is 5.73 Å². The van der Waals surface area contributed by atoms with Gasteiger partial charge in [-0.1, -0.05) is 17.7 Å². The molecule has 4 nitrogen and oxygen atoms in total. The van der Waals surface area contributed by atoms with E-state index in [9.17, 15) is 4.79 Å². The lowest BCUT2D eigenvalue weighted by atomic mass is 10.2. The molecular weight excluding hydrogens is 264 g/mol. The van der Waals surface area contributed by atoms with Crippen molar-refractivity contribution in [3.05, 3.63) is 28.8 Å². The molecule has 0 unspecified atom stereocenters. The highest BCUT2D eigenvalue weighted by Gasteiger charge is 2.14. The van der Waals surface area contributed by atoms with Crippen molar-refractivity contribution < 1.29 is 9.53 Å². The molecule has 5 heteroatoms. The van der Waals surface area contributed by atoms with Gasteiger partial charge in [0.15, 0.2) is 0 Å². The van der Waals surface area contributed by atoms with Gasteiger partial charge in [-0.25, -0.2) is 4.79 Å². The van der Waals surface area contributed by atoms with E-state index in [0.717, 1.165) is 26.1 Å². The van der Waals surface area contributed by atoms with Crippen molar-refractivity contribution in [2.45, 2.75) is 19.3 Å². The topological polar surface area (TPSA) is 55.6 Å². The van der Waals surface area contributed by atoms with Gasteiger partial charge in [0, 0.05) is 6.54 Å². The summed E-state index contributed by atoms with van der Waals surface area (Å²) in [6, 6.07) is 4.98. The van der Waals surface area contributed by atoms with Crippen LogP contribution in [0.25, 0.3) is 0 Å². The monoisotopic (exact) mass is 282 g/mol. The molecule has 0 atom stereocenters. The van der Waals surface area contributed by atoms with E-state index in [-0.39, 0.29) is 5.69 Å². The van der Waals surface area contributed by atoms with E-state index >= 15 is 0 Å². The van der Waals surface area contributed by atoms with Crippen LogP contribution in [0.5, 0.6) is 0 Å². The highest BCUT2D eigenvalue weighted by molar-refractivity contribution is 6.33. The first kappa shape index (κ1) is 14.2. The van der Waals surface area contributed by atoms with Gasteiger partial charge in [-0.3, -0.25) is 0 Å². The summed E-state index contributed by atoms with van der Waals surface area (Å²) < 4.78 is 5.22. The average Bonchev–Trinajstić information content (AvgIpc) is 2.91. The molecule has 1 aromatic rings. The molecule has 0 spiro atoms. The molecule has 0 radical (unpaired) electrons. The van der Waals surface area contributed by atoms with Gasteiger partial charge < -0.3 is 15.4 Å². The Balaban J connectivity index is 1.76. The number of anilines is 1. The number of nitrogens with two attached hydrogens (primary N) is 1. The maximum Gasteiger partial charge on any atom is 0.340 e. The minimum atomic E-state index is -0.401.